The monoisotopic (exact) mass is 252 g/mol. The molecule has 0 aromatic carbocycles. The third-order valence-electron chi connectivity index (χ3n) is 2.78. The average Bonchev–Trinajstić information content (AvgIpc) is 2.82. The van der Waals surface area contributed by atoms with Crippen LogP contribution >= 0.6 is 0 Å². The molecule has 0 radical (unpaired) electrons. The van der Waals surface area contributed by atoms with E-state index in [0.29, 0.717) is 44.8 Å². The summed E-state index contributed by atoms with van der Waals surface area (Å²) in [5.74, 6) is -0.205. The number of nitrogens with one attached hydrogen (secondary N) is 3. The van der Waals surface area contributed by atoms with Crippen LogP contribution in [0.4, 0.5) is 0 Å². The third kappa shape index (κ3) is 2.86. The number of carbonyl (C=O) groups excluding carboxylic acids is 2. The minimum Gasteiger partial charge on any atom is -0.376 e. The van der Waals surface area contributed by atoms with Crippen LogP contribution in [-0.4, -0.2) is 42.2 Å². The van der Waals surface area contributed by atoms with Crippen LogP contribution in [0.3, 0.4) is 0 Å². The summed E-state index contributed by atoms with van der Waals surface area (Å²) in [5.41, 5.74) is 2.24. The van der Waals surface area contributed by atoms with Gasteiger partial charge < -0.3 is 15.4 Å². The van der Waals surface area contributed by atoms with Crippen LogP contribution in [-0.2, 0) is 22.6 Å². The lowest BCUT2D eigenvalue weighted by Gasteiger charge is -2.12. The Hall–Kier alpha value is -1.89. The van der Waals surface area contributed by atoms with E-state index in [1.807, 2.05) is 0 Å². The van der Waals surface area contributed by atoms with Gasteiger partial charge in [0.2, 0.25) is 6.41 Å². The second-order valence-electron chi connectivity index (χ2n) is 4.01. The number of aromatic amines is 1. The number of ether oxygens (including phenoxy) is 1. The van der Waals surface area contributed by atoms with Gasteiger partial charge in [-0.25, -0.2) is 0 Å². The van der Waals surface area contributed by atoms with Gasteiger partial charge in [0.05, 0.1) is 13.2 Å². The van der Waals surface area contributed by atoms with Crippen molar-refractivity contribution >= 4 is 12.3 Å². The first-order chi connectivity index (χ1) is 8.83. The molecule has 0 saturated heterocycles. The molecule has 1 aliphatic heterocycles. The van der Waals surface area contributed by atoms with E-state index in [-0.39, 0.29) is 5.91 Å². The Morgan fingerprint density at radius 2 is 2.39 bits per heavy atom. The first-order valence-corrected chi connectivity index (χ1v) is 5.92. The molecule has 0 bridgehead atoms. The first kappa shape index (κ1) is 12.6. The summed E-state index contributed by atoms with van der Waals surface area (Å²) in [6, 6.07) is 0. The molecular weight excluding hydrogens is 236 g/mol. The number of hydrogen-bond acceptors (Lipinski definition) is 4. The summed E-state index contributed by atoms with van der Waals surface area (Å²) in [7, 11) is 0. The van der Waals surface area contributed by atoms with Gasteiger partial charge in [-0.3, -0.25) is 14.7 Å². The van der Waals surface area contributed by atoms with E-state index < -0.39 is 0 Å². The summed E-state index contributed by atoms with van der Waals surface area (Å²) >= 11 is 0. The van der Waals surface area contributed by atoms with Gasteiger partial charge in [0.15, 0.2) is 5.69 Å². The number of amides is 2. The number of aromatic nitrogens is 2. The fourth-order valence-electron chi connectivity index (χ4n) is 1.83. The van der Waals surface area contributed by atoms with Crippen molar-refractivity contribution < 1.29 is 14.3 Å². The van der Waals surface area contributed by atoms with Crippen LogP contribution < -0.4 is 10.6 Å². The number of hydrogen-bond donors (Lipinski definition) is 3. The predicted octanol–water partition coefficient (Wildman–Crippen LogP) is -0.652. The zero-order valence-electron chi connectivity index (χ0n) is 9.99. The van der Waals surface area contributed by atoms with E-state index in [0.717, 1.165) is 17.7 Å². The van der Waals surface area contributed by atoms with Gasteiger partial charge in [-0.1, -0.05) is 0 Å². The van der Waals surface area contributed by atoms with Crippen LogP contribution in [0.25, 0.3) is 0 Å². The molecule has 98 valence electrons. The highest BCUT2D eigenvalue weighted by Crippen LogP contribution is 2.17. The molecule has 0 saturated carbocycles. The van der Waals surface area contributed by atoms with Crippen molar-refractivity contribution in [3.63, 3.8) is 0 Å². The largest absolute Gasteiger partial charge is 0.376 e. The number of H-pyrrole nitrogens is 1. The zero-order chi connectivity index (χ0) is 12.8. The fourth-order valence-corrected chi connectivity index (χ4v) is 1.83. The van der Waals surface area contributed by atoms with Crippen LogP contribution in [0.1, 0.15) is 28.2 Å². The molecule has 2 heterocycles. The molecule has 1 aromatic heterocycles. The molecule has 0 aliphatic carbocycles. The van der Waals surface area contributed by atoms with E-state index >= 15 is 0 Å². The molecular formula is C11H16N4O3. The Bertz CT molecular complexity index is 430. The minimum atomic E-state index is -0.205. The van der Waals surface area contributed by atoms with Gasteiger partial charge in [-0.05, 0) is 6.42 Å². The molecule has 2 rings (SSSR count). The molecule has 1 aromatic rings. The van der Waals surface area contributed by atoms with E-state index in [1.165, 1.54) is 0 Å². The second-order valence-corrected chi connectivity index (χ2v) is 4.01. The normalized spacial score (nSPS) is 13.8. The highest BCUT2D eigenvalue weighted by molar-refractivity contribution is 5.93. The van der Waals surface area contributed by atoms with E-state index in [2.05, 4.69) is 20.8 Å². The maximum atomic E-state index is 11.9. The van der Waals surface area contributed by atoms with Crippen molar-refractivity contribution in [1.82, 2.24) is 20.8 Å². The first-order valence-electron chi connectivity index (χ1n) is 5.92. The van der Waals surface area contributed by atoms with Crippen LogP contribution in [0, 0.1) is 0 Å². The van der Waals surface area contributed by atoms with Gasteiger partial charge in [0.25, 0.3) is 5.91 Å². The standard InChI is InChI=1S/C11H16N4O3/c16-7-12-3-1-4-13-11(17)10-8-6-18-5-2-9(8)14-15-10/h7H,1-6H2,(H,12,16)(H,13,17)(H,14,15). The van der Waals surface area contributed by atoms with Crippen molar-refractivity contribution in [3.05, 3.63) is 17.0 Å². The highest BCUT2D eigenvalue weighted by atomic mass is 16.5. The van der Waals surface area contributed by atoms with Crippen molar-refractivity contribution in [1.29, 1.82) is 0 Å². The molecule has 3 N–H and O–H groups in total. The van der Waals surface area contributed by atoms with Crippen LogP contribution in [0.2, 0.25) is 0 Å². The summed E-state index contributed by atoms with van der Waals surface area (Å²) in [5, 5.41) is 12.2. The summed E-state index contributed by atoms with van der Waals surface area (Å²) in [6.07, 6.45) is 2.09. The summed E-state index contributed by atoms with van der Waals surface area (Å²) < 4.78 is 5.31. The maximum Gasteiger partial charge on any atom is 0.272 e. The Morgan fingerprint density at radius 1 is 1.50 bits per heavy atom. The lowest BCUT2D eigenvalue weighted by Crippen LogP contribution is -2.28. The van der Waals surface area contributed by atoms with Gasteiger partial charge in [0, 0.05) is 30.8 Å². The number of carbonyl (C=O) groups is 2. The van der Waals surface area contributed by atoms with Gasteiger partial charge in [-0.15, -0.1) is 0 Å². The molecule has 0 atom stereocenters. The summed E-state index contributed by atoms with van der Waals surface area (Å²) in [4.78, 5) is 21.9. The van der Waals surface area contributed by atoms with Crippen molar-refractivity contribution in [2.24, 2.45) is 0 Å². The van der Waals surface area contributed by atoms with Crippen molar-refractivity contribution in [3.8, 4) is 0 Å². The molecule has 18 heavy (non-hydrogen) atoms. The van der Waals surface area contributed by atoms with E-state index in [4.69, 9.17) is 4.74 Å². The average molecular weight is 252 g/mol. The Labute approximate surface area is 104 Å². The Kier molecular flexibility index (Phi) is 4.30. The second kappa shape index (κ2) is 6.15. The third-order valence-corrected chi connectivity index (χ3v) is 2.78. The SMILES string of the molecule is O=CNCCCNC(=O)c1n[nH]c2c1COCC2. The topological polar surface area (TPSA) is 96.1 Å². The van der Waals surface area contributed by atoms with Crippen LogP contribution in [0.5, 0.6) is 0 Å². The lowest BCUT2D eigenvalue weighted by atomic mass is 10.1. The van der Waals surface area contributed by atoms with E-state index in [1.54, 1.807) is 0 Å². The number of nitrogens with zero attached hydrogens (tertiary/aromatic N) is 1. The zero-order valence-corrected chi connectivity index (χ0v) is 9.99. The van der Waals surface area contributed by atoms with Crippen LogP contribution in [0.15, 0.2) is 0 Å². The highest BCUT2D eigenvalue weighted by Gasteiger charge is 2.21. The lowest BCUT2D eigenvalue weighted by molar-refractivity contribution is -0.109. The Balaban J connectivity index is 1.85. The minimum absolute atomic E-state index is 0.205. The molecule has 0 spiro atoms. The number of rotatable bonds is 6. The van der Waals surface area contributed by atoms with Gasteiger partial charge >= 0.3 is 0 Å². The molecule has 7 heteroatoms. The van der Waals surface area contributed by atoms with Crippen molar-refractivity contribution in [2.75, 3.05) is 19.7 Å². The number of fused-ring (bicyclic) bond motifs is 1. The molecule has 0 unspecified atom stereocenters. The van der Waals surface area contributed by atoms with Gasteiger partial charge in [0.1, 0.15) is 0 Å². The molecule has 7 nitrogen and oxygen atoms in total. The maximum absolute atomic E-state index is 11.9. The molecule has 0 fully saturated rings. The predicted molar refractivity (Wildman–Crippen MR) is 63.0 cm³/mol. The summed E-state index contributed by atoms with van der Waals surface area (Å²) in [6.45, 7) is 2.14. The molecule has 2 amide bonds. The van der Waals surface area contributed by atoms with Gasteiger partial charge in [-0.2, -0.15) is 5.10 Å². The van der Waals surface area contributed by atoms with Crippen molar-refractivity contribution in [2.45, 2.75) is 19.4 Å². The van der Waals surface area contributed by atoms with E-state index in [9.17, 15) is 9.59 Å². The quantitative estimate of drug-likeness (QED) is 0.463. The fraction of sp³-hybridized carbons (Fsp3) is 0.545. The molecule has 1 aliphatic rings. The Morgan fingerprint density at radius 3 is 3.22 bits per heavy atom. The smallest absolute Gasteiger partial charge is 0.272 e.